The van der Waals surface area contributed by atoms with Crippen LogP contribution in [0.15, 0.2) is 5.18 Å². The second kappa shape index (κ2) is 4.69. The second-order valence-electron chi connectivity index (χ2n) is 3.80. The Balaban J connectivity index is 4.07. The lowest BCUT2D eigenvalue weighted by atomic mass is 10.2. The van der Waals surface area contributed by atoms with Gasteiger partial charge in [-0.2, -0.15) is 0 Å². The number of hydrogen-bond donors (Lipinski definition) is 1. The van der Waals surface area contributed by atoms with Gasteiger partial charge in [0.25, 0.3) is 0 Å². The average Bonchev–Trinajstić information content (AvgIpc) is 1.99. The van der Waals surface area contributed by atoms with E-state index in [9.17, 15) is 14.5 Å². The molecule has 0 aliphatic carbocycles. The number of rotatable bonds is 2. The van der Waals surface area contributed by atoms with Crippen molar-refractivity contribution in [1.29, 1.82) is 0 Å². The summed E-state index contributed by atoms with van der Waals surface area (Å²) >= 11 is 0. The molecule has 6 nitrogen and oxygen atoms in total. The van der Waals surface area contributed by atoms with Crippen molar-refractivity contribution >= 4 is 12.0 Å². The zero-order valence-electron chi connectivity index (χ0n) is 8.66. The molecular formula is C8H14N2O4. The van der Waals surface area contributed by atoms with Gasteiger partial charge in [-0.25, -0.2) is 4.79 Å². The molecule has 0 spiro atoms. The van der Waals surface area contributed by atoms with E-state index < -0.39 is 23.6 Å². The minimum Gasteiger partial charge on any atom is -0.444 e. The summed E-state index contributed by atoms with van der Waals surface area (Å²) in [7, 11) is 0. The fourth-order valence-corrected chi connectivity index (χ4v) is 0.625. The molecule has 80 valence electrons. The van der Waals surface area contributed by atoms with Gasteiger partial charge in [0, 0.05) is 5.18 Å². The topological polar surface area (TPSA) is 84.8 Å². The van der Waals surface area contributed by atoms with E-state index in [-0.39, 0.29) is 0 Å². The predicted octanol–water partition coefficient (Wildman–Crippen LogP) is 1.19. The van der Waals surface area contributed by atoms with Crippen LogP contribution in [-0.2, 0) is 9.53 Å². The summed E-state index contributed by atoms with van der Waals surface area (Å²) < 4.78 is 4.86. The van der Waals surface area contributed by atoms with E-state index in [2.05, 4.69) is 10.5 Å². The molecule has 0 aromatic carbocycles. The lowest BCUT2D eigenvalue weighted by Crippen LogP contribution is -2.41. The quantitative estimate of drug-likeness (QED) is 0.681. The van der Waals surface area contributed by atoms with Crippen molar-refractivity contribution in [3.63, 3.8) is 0 Å². The van der Waals surface area contributed by atoms with Crippen LogP contribution in [0.2, 0.25) is 0 Å². The fourth-order valence-electron chi connectivity index (χ4n) is 0.625. The number of nitrogens with one attached hydrogen (secondary N) is 1. The van der Waals surface area contributed by atoms with Crippen LogP contribution in [0.25, 0.3) is 0 Å². The van der Waals surface area contributed by atoms with E-state index >= 15 is 0 Å². The molecule has 0 aromatic rings. The minimum atomic E-state index is -0.956. The Morgan fingerprint density at radius 2 is 1.86 bits per heavy atom. The Hall–Kier alpha value is -1.46. The van der Waals surface area contributed by atoms with Crippen LogP contribution in [0.4, 0.5) is 4.79 Å². The normalized spacial score (nSPS) is 12.9. The van der Waals surface area contributed by atoms with E-state index in [1.54, 1.807) is 20.8 Å². The Morgan fingerprint density at radius 3 is 2.21 bits per heavy atom. The Bertz CT molecular complexity index is 244. The zero-order chi connectivity index (χ0) is 11.4. The van der Waals surface area contributed by atoms with Gasteiger partial charge in [0.15, 0.2) is 0 Å². The van der Waals surface area contributed by atoms with Gasteiger partial charge in [-0.3, -0.25) is 4.79 Å². The van der Waals surface area contributed by atoms with E-state index in [0.717, 1.165) is 0 Å². The van der Waals surface area contributed by atoms with Gasteiger partial charge < -0.3 is 10.1 Å². The number of nitroso groups, excluding NO2 is 1. The van der Waals surface area contributed by atoms with Gasteiger partial charge in [0.05, 0.1) is 0 Å². The maximum Gasteiger partial charge on any atom is 0.408 e. The van der Waals surface area contributed by atoms with Gasteiger partial charge in [0.2, 0.25) is 0 Å². The first-order chi connectivity index (χ1) is 6.26. The van der Waals surface area contributed by atoms with E-state index in [4.69, 9.17) is 4.74 Å². The number of nitrogens with zero attached hydrogens (tertiary/aromatic N) is 1. The highest BCUT2D eigenvalue weighted by atomic mass is 16.6. The third-order valence-electron chi connectivity index (χ3n) is 1.19. The van der Waals surface area contributed by atoms with Crippen LogP contribution in [0, 0.1) is 4.91 Å². The highest BCUT2D eigenvalue weighted by molar-refractivity contribution is 5.85. The van der Waals surface area contributed by atoms with Crippen molar-refractivity contribution in [1.82, 2.24) is 5.32 Å². The number of amides is 2. The monoisotopic (exact) mass is 202 g/mol. The summed E-state index contributed by atoms with van der Waals surface area (Å²) in [4.78, 5) is 31.5. The summed E-state index contributed by atoms with van der Waals surface area (Å²) in [6, 6.07) is -0.956. The Kier molecular flexibility index (Phi) is 4.20. The molecule has 1 atom stereocenters. The fraction of sp³-hybridized carbons (Fsp3) is 0.750. The molecule has 0 heterocycles. The maximum absolute atomic E-state index is 11.1. The molecule has 0 saturated heterocycles. The highest BCUT2D eigenvalue weighted by Gasteiger charge is 2.21. The molecule has 1 unspecified atom stereocenters. The summed E-state index contributed by atoms with van der Waals surface area (Å²) in [5.41, 5.74) is -0.637. The molecule has 0 fully saturated rings. The molecule has 0 aliphatic rings. The van der Waals surface area contributed by atoms with Crippen LogP contribution in [0.1, 0.15) is 27.7 Å². The predicted molar refractivity (Wildman–Crippen MR) is 49.6 cm³/mol. The minimum absolute atomic E-state index is 0.637. The highest BCUT2D eigenvalue weighted by Crippen LogP contribution is 2.06. The van der Waals surface area contributed by atoms with E-state index in [0.29, 0.717) is 0 Å². The molecule has 1 N–H and O–H groups in total. The van der Waals surface area contributed by atoms with Crippen LogP contribution >= 0.6 is 0 Å². The summed E-state index contributed by atoms with van der Waals surface area (Å²) in [5.74, 6) is -0.934. The van der Waals surface area contributed by atoms with Gasteiger partial charge in [-0.1, -0.05) is 0 Å². The smallest absolute Gasteiger partial charge is 0.408 e. The van der Waals surface area contributed by atoms with Crippen molar-refractivity contribution in [3.8, 4) is 0 Å². The van der Waals surface area contributed by atoms with Crippen molar-refractivity contribution in [2.45, 2.75) is 39.3 Å². The third kappa shape index (κ3) is 5.23. The van der Waals surface area contributed by atoms with Gasteiger partial charge in [0.1, 0.15) is 11.6 Å². The molecule has 0 bridgehead atoms. The number of alkyl carbamates (subject to hydrolysis) is 1. The van der Waals surface area contributed by atoms with Gasteiger partial charge in [-0.15, -0.1) is 4.91 Å². The summed E-state index contributed by atoms with van der Waals surface area (Å²) in [6.07, 6.45) is -0.748. The number of ether oxygens (including phenoxy) is 1. The molecule has 0 aliphatic heterocycles. The molecule has 0 rings (SSSR count). The van der Waals surface area contributed by atoms with Gasteiger partial charge in [-0.05, 0) is 27.7 Å². The first-order valence-electron chi connectivity index (χ1n) is 4.13. The first kappa shape index (κ1) is 12.5. The number of carbonyl (C=O) groups is 2. The Morgan fingerprint density at radius 1 is 1.36 bits per heavy atom. The molecular weight excluding hydrogens is 188 g/mol. The second-order valence-corrected chi connectivity index (χ2v) is 3.80. The lowest BCUT2D eigenvalue weighted by Gasteiger charge is -2.20. The van der Waals surface area contributed by atoms with Gasteiger partial charge >= 0.3 is 12.0 Å². The van der Waals surface area contributed by atoms with Crippen LogP contribution in [-0.4, -0.2) is 23.6 Å². The van der Waals surface area contributed by atoms with Crippen molar-refractivity contribution in [2.24, 2.45) is 5.18 Å². The number of hydrogen-bond acceptors (Lipinski definition) is 4. The summed E-state index contributed by atoms with van der Waals surface area (Å²) in [6.45, 7) is 6.43. The zero-order valence-corrected chi connectivity index (χ0v) is 8.66. The molecule has 0 saturated carbocycles. The van der Waals surface area contributed by atoms with Crippen molar-refractivity contribution in [3.05, 3.63) is 4.91 Å². The van der Waals surface area contributed by atoms with E-state index in [1.165, 1.54) is 6.92 Å². The maximum atomic E-state index is 11.1. The third-order valence-corrected chi connectivity index (χ3v) is 1.19. The largest absolute Gasteiger partial charge is 0.444 e. The average molecular weight is 202 g/mol. The number of carbonyl (C=O) groups excluding carboxylic acids is 2. The Labute approximate surface area is 82.0 Å². The van der Waals surface area contributed by atoms with Crippen molar-refractivity contribution in [2.75, 3.05) is 0 Å². The summed E-state index contributed by atoms with van der Waals surface area (Å²) in [5, 5.41) is 4.36. The SMILES string of the molecule is CC(NC(=O)OC(C)(C)C)C(=O)N=O. The molecule has 6 heteroatoms. The molecule has 2 amide bonds. The van der Waals surface area contributed by atoms with Crippen molar-refractivity contribution < 1.29 is 14.3 Å². The van der Waals surface area contributed by atoms with Crippen LogP contribution in [0.5, 0.6) is 0 Å². The molecule has 0 aromatic heterocycles. The first-order valence-corrected chi connectivity index (χ1v) is 4.13. The lowest BCUT2D eigenvalue weighted by molar-refractivity contribution is -0.119. The van der Waals surface area contributed by atoms with Crippen LogP contribution in [0.3, 0.4) is 0 Å². The molecule has 0 radical (unpaired) electrons. The standard InChI is InChI=1S/C8H14N2O4/c1-5(6(11)10-13)9-7(12)14-8(2,3)4/h5H,1-4H3,(H,9,12). The van der Waals surface area contributed by atoms with E-state index in [1.807, 2.05) is 0 Å². The van der Waals surface area contributed by atoms with Crippen LogP contribution < -0.4 is 5.32 Å². The molecule has 14 heavy (non-hydrogen) atoms.